The minimum absolute atomic E-state index is 0.0291. The number of hydrogen-bond acceptors (Lipinski definition) is 2. The van der Waals surface area contributed by atoms with E-state index in [0.29, 0.717) is 10.00 Å². The van der Waals surface area contributed by atoms with Gasteiger partial charge < -0.3 is 5.11 Å². The van der Waals surface area contributed by atoms with E-state index in [9.17, 15) is 5.11 Å². The van der Waals surface area contributed by atoms with Crippen molar-refractivity contribution in [2.75, 3.05) is 0 Å². The van der Waals surface area contributed by atoms with Crippen molar-refractivity contribution in [3.8, 4) is 0 Å². The third-order valence-corrected chi connectivity index (χ3v) is 3.59. The van der Waals surface area contributed by atoms with Gasteiger partial charge in [0.25, 0.3) is 0 Å². The van der Waals surface area contributed by atoms with Gasteiger partial charge in [0.05, 0.1) is 6.10 Å². The fourth-order valence-electron chi connectivity index (χ4n) is 1.73. The molecule has 12 heavy (non-hydrogen) atoms. The van der Waals surface area contributed by atoms with E-state index in [-0.39, 0.29) is 6.10 Å². The zero-order chi connectivity index (χ0) is 9.19. The van der Waals surface area contributed by atoms with Crippen molar-refractivity contribution in [3.63, 3.8) is 0 Å². The molecule has 0 heterocycles. The highest BCUT2D eigenvalue weighted by atomic mass is 32.2. The Balaban J connectivity index is 2.32. The molecule has 2 atom stereocenters. The summed E-state index contributed by atoms with van der Waals surface area (Å²) in [4.78, 5) is 0. The van der Waals surface area contributed by atoms with Crippen LogP contribution in [0.5, 0.6) is 0 Å². The molecule has 0 unspecified atom stereocenters. The van der Waals surface area contributed by atoms with Gasteiger partial charge in [-0.1, -0.05) is 20.8 Å². The standard InChI is InChI=1S/C10H20OS/c1-10(2,3)12-9-6-4-5-8(11)7-9/h8-9,11H,4-7H2,1-3H3/t8-,9+/m0/s1. The molecular formula is C10H20OS. The van der Waals surface area contributed by atoms with Gasteiger partial charge in [-0.05, 0) is 25.7 Å². The molecule has 0 radical (unpaired) electrons. The normalized spacial score (nSPS) is 32.0. The predicted molar refractivity (Wildman–Crippen MR) is 55.6 cm³/mol. The molecule has 1 N–H and O–H groups in total. The van der Waals surface area contributed by atoms with Gasteiger partial charge in [-0.15, -0.1) is 0 Å². The van der Waals surface area contributed by atoms with Crippen molar-refractivity contribution in [1.82, 2.24) is 0 Å². The van der Waals surface area contributed by atoms with Gasteiger partial charge in [0.15, 0.2) is 0 Å². The van der Waals surface area contributed by atoms with Crippen molar-refractivity contribution >= 4 is 11.8 Å². The third kappa shape index (κ3) is 3.81. The van der Waals surface area contributed by atoms with Crippen molar-refractivity contribution in [2.45, 2.75) is 62.6 Å². The summed E-state index contributed by atoms with van der Waals surface area (Å²) in [5.74, 6) is 0. The maximum absolute atomic E-state index is 9.46. The fourth-order valence-corrected chi connectivity index (χ4v) is 3.33. The number of rotatable bonds is 1. The first-order valence-electron chi connectivity index (χ1n) is 4.83. The first-order chi connectivity index (χ1) is 5.47. The Morgan fingerprint density at radius 1 is 1.25 bits per heavy atom. The van der Waals surface area contributed by atoms with Gasteiger partial charge in [-0.25, -0.2) is 0 Å². The van der Waals surface area contributed by atoms with Gasteiger partial charge in [0.1, 0.15) is 0 Å². The molecule has 0 aliphatic heterocycles. The molecular weight excluding hydrogens is 168 g/mol. The molecule has 0 aromatic heterocycles. The van der Waals surface area contributed by atoms with E-state index < -0.39 is 0 Å². The van der Waals surface area contributed by atoms with Crippen molar-refractivity contribution in [3.05, 3.63) is 0 Å². The lowest BCUT2D eigenvalue weighted by molar-refractivity contribution is 0.133. The van der Waals surface area contributed by atoms with Gasteiger partial charge in [-0.2, -0.15) is 11.8 Å². The van der Waals surface area contributed by atoms with E-state index in [4.69, 9.17) is 0 Å². The summed E-state index contributed by atoms with van der Waals surface area (Å²) in [6, 6.07) is 0. The molecule has 1 fully saturated rings. The second-order valence-corrected chi connectivity index (χ2v) is 6.80. The lowest BCUT2D eigenvalue weighted by Crippen LogP contribution is -2.25. The van der Waals surface area contributed by atoms with Gasteiger partial charge in [0, 0.05) is 10.00 Å². The van der Waals surface area contributed by atoms with Gasteiger partial charge >= 0.3 is 0 Å². The maximum atomic E-state index is 9.46. The Morgan fingerprint density at radius 2 is 1.92 bits per heavy atom. The smallest absolute Gasteiger partial charge is 0.0550 e. The average Bonchev–Trinajstić information content (AvgIpc) is 1.82. The highest BCUT2D eigenvalue weighted by Crippen LogP contribution is 2.36. The van der Waals surface area contributed by atoms with Crippen LogP contribution < -0.4 is 0 Å². The minimum atomic E-state index is -0.0291. The zero-order valence-corrected chi connectivity index (χ0v) is 9.16. The van der Waals surface area contributed by atoms with Crippen LogP contribution in [0.2, 0.25) is 0 Å². The van der Waals surface area contributed by atoms with Crippen LogP contribution in [0.25, 0.3) is 0 Å². The molecule has 0 amide bonds. The summed E-state index contributed by atoms with van der Waals surface area (Å²) in [6.07, 6.45) is 4.48. The summed E-state index contributed by atoms with van der Waals surface area (Å²) in [7, 11) is 0. The molecule has 1 rings (SSSR count). The molecule has 0 aromatic rings. The van der Waals surface area contributed by atoms with E-state index in [1.165, 1.54) is 12.8 Å². The Bertz CT molecular complexity index is 139. The van der Waals surface area contributed by atoms with Crippen LogP contribution in [0.4, 0.5) is 0 Å². The van der Waals surface area contributed by atoms with E-state index in [1.54, 1.807) is 0 Å². The van der Waals surface area contributed by atoms with Crippen LogP contribution in [0, 0.1) is 0 Å². The lowest BCUT2D eigenvalue weighted by Gasteiger charge is -2.30. The summed E-state index contributed by atoms with van der Waals surface area (Å²) in [5, 5.41) is 10.2. The van der Waals surface area contributed by atoms with E-state index in [1.807, 2.05) is 11.8 Å². The SMILES string of the molecule is CC(C)(C)S[C@@H]1CCC[C@H](O)C1. The van der Waals surface area contributed by atoms with Crippen LogP contribution in [0.3, 0.4) is 0 Å². The second kappa shape index (κ2) is 4.01. The molecule has 2 heteroatoms. The van der Waals surface area contributed by atoms with Gasteiger partial charge in [-0.3, -0.25) is 0 Å². The monoisotopic (exact) mass is 188 g/mol. The minimum Gasteiger partial charge on any atom is -0.393 e. The Hall–Kier alpha value is 0.310. The summed E-state index contributed by atoms with van der Waals surface area (Å²) in [5.41, 5.74) is 0. The van der Waals surface area contributed by atoms with Crippen LogP contribution in [-0.4, -0.2) is 21.2 Å². The highest BCUT2D eigenvalue weighted by molar-refractivity contribution is 8.01. The van der Waals surface area contributed by atoms with Crippen LogP contribution in [0.1, 0.15) is 46.5 Å². The Morgan fingerprint density at radius 3 is 2.42 bits per heavy atom. The summed E-state index contributed by atoms with van der Waals surface area (Å²) < 4.78 is 0.349. The largest absolute Gasteiger partial charge is 0.393 e. The second-order valence-electron chi connectivity index (χ2n) is 4.67. The van der Waals surface area contributed by atoms with Crippen LogP contribution >= 0.6 is 11.8 Å². The molecule has 1 saturated carbocycles. The Kier molecular flexibility index (Phi) is 3.47. The van der Waals surface area contributed by atoms with Crippen molar-refractivity contribution in [1.29, 1.82) is 0 Å². The number of aliphatic hydroxyl groups is 1. The quantitative estimate of drug-likeness (QED) is 0.683. The highest BCUT2D eigenvalue weighted by Gasteiger charge is 2.24. The molecule has 0 aromatic carbocycles. The lowest BCUT2D eigenvalue weighted by atomic mass is 9.97. The number of aliphatic hydroxyl groups excluding tert-OH is 1. The molecule has 0 spiro atoms. The molecule has 1 aliphatic carbocycles. The van der Waals surface area contributed by atoms with E-state index in [2.05, 4.69) is 20.8 Å². The zero-order valence-electron chi connectivity index (χ0n) is 8.34. The molecule has 1 aliphatic rings. The average molecular weight is 188 g/mol. The molecule has 72 valence electrons. The topological polar surface area (TPSA) is 20.2 Å². The van der Waals surface area contributed by atoms with Crippen LogP contribution in [-0.2, 0) is 0 Å². The molecule has 0 saturated heterocycles. The van der Waals surface area contributed by atoms with Crippen molar-refractivity contribution in [2.24, 2.45) is 0 Å². The number of hydrogen-bond donors (Lipinski definition) is 1. The number of thioether (sulfide) groups is 1. The third-order valence-electron chi connectivity index (χ3n) is 2.12. The van der Waals surface area contributed by atoms with Crippen LogP contribution in [0.15, 0.2) is 0 Å². The first-order valence-corrected chi connectivity index (χ1v) is 5.71. The predicted octanol–water partition coefficient (Wildman–Crippen LogP) is 2.82. The fraction of sp³-hybridized carbons (Fsp3) is 1.00. The Labute approximate surface area is 79.9 Å². The van der Waals surface area contributed by atoms with E-state index >= 15 is 0 Å². The first kappa shape index (κ1) is 10.4. The molecule has 1 nitrogen and oxygen atoms in total. The maximum Gasteiger partial charge on any atom is 0.0550 e. The molecule has 0 bridgehead atoms. The summed E-state index contributed by atoms with van der Waals surface area (Å²) >= 11 is 2.02. The van der Waals surface area contributed by atoms with Gasteiger partial charge in [0.2, 0.25) is 0 Å². The summed E-state index contributed by atoms with van der Waals surface area (Å²) in [6.45, 7) is 6.75. The van der Waals surface area contributed by atoms with E-state index in [0.717, 1.165) is 12.8 Å². The van der Waals surface area contributed by atoms with Crippen molar-refractivity contribution < 1.29 is 5.11 Å².